The third-order valence-corrected chi connectivity index (χ3v) is 5.13. The molecular formula is C19H22F3N3O2. The minimum absolute atomic E-state index is 0.112. The van der Waals surface area contributed by atoms with E-state index in [-0.39, 0.29) is 23.2 Å². The van der Waals surface area contributed by atoms with E-state index in [1.54, 1.807) is 24.3 Å². The number of benzene rings is 1. The highest BCUT2D eigenvalue weighted by Crippen LogP contribution is 2.47. The Morgan fingerprint density at radius 3 is 2.41 bits per heavy atom. The molecule has 146 valence electrons. The molecule has 0 N–H and O–H groups in total. The van der Waals surface area contributed by atoms with Crippen LogP contribution >= 0.6 is 0 Å². The van der Waals surface area contributed by atoms with Gasteiger partial charge in [0.25, 0.3) is 0 Å². The van der Waals surface area contributed by atoms with Gasteiger partial charge in [0.15, 0.2) is 0 Å². The topological polar surface area (TPSA) is 59.2 Å². The van der Waals surface area contributed by atoms with E-state index in [4.69, 9.17) is 0 Å². The predicted molar refractivity (Wildman–Crippen MR) is 92.4 cm³/mol. The molecular weight excluding hydrogens is 359 g/mol. The fraction of sp³-hybridized carbons (Fsp3) is 0.526. The Morgan fingerprint density at radius 2 is 1.93 bits per heavy atom. The Balaban J connectivity index is 1.76. The molecule has 1 aliphatic carbocycles. The summed E-state index contributed by atoms with van der Waals surface area (Å²) in [5.41, 5.74) is 1.08. The molecule has 8 heteroatoms. The SMILES string of the molecule is CCC(C)N(Cc1ccc(-c2noc(C(F)(F)F)n2)cc1)C(=O)C1(C)CC1. The van der Waals surface area contributed by atoms with Gasteiger partial charge in [0.05, 0.1) is 0 Å². The van der Waals surface area contributed by atoms with Crippen molar-refractivity contribution in [3.8, 4) is 11.4 Å². The molecule has 0 bridgehead atoms. The Bertz CT molecular complexity index is 810. The molecule has 27 heavy (non-hydrogen) atoms. The van der Waals surface area contributed by atoms with Gasteiger partial charge in [-0.2, -0.15) is 18.2 Å². The molecule has 1 fully saturated rings. The average molecular weight is 381 g/mol. The number of carbonyl (C=O) groups excluding carboxylic acids is 1. The van der Waals surface area contributed by atoms with Crippen molar-refractivity contribution >= 4 is 5.91 Å². The minimum Gasteiger partial charge on any atom is -0.335 e. The molecule has 3 rings (SSSR count). The van der Waals surface area contributed by atoms with Gasteiger partial charge in [0.2, 0.25) is 11.7 Å². The molecule has 5 nitrogen and oxygen atoms in total. The van der Waals surface area contributed by atoms with Crippen LogP contribution in [0.3, 0.4) is 0 Å². The second kappa shape index (κ2) is 6.98. The molecule has 1 saturated carbocycles. The van der Waals surface area contributed by atoms with Gasteiger partial charge in [-0.25, -0.2) is 0 Å². The summed E-state index contributed by atoms with van der Waals surface area (Å²) in [7, 11) is 0. The fourth-order valence-corrected chi connectivity index (χ4v) is 2.81. The number of hydrogen-bond acceptors (Lipinski definition) is 4. The van der Waals surface area contributed by atoms with Crippen LogP contribution in [0.15, 0.2) is 28.8 Å². The lowest BCUT2D eigenvalue weighted by molar-refractivity contribution is -0.159. The van der Waals surface area contributed by atoms with E-state index in [0.717, 1.165) is 24.8 Å². The van der Waals surface area contributed by atoms with Crippen molar-refractivity contribution in [1.82, 2.24) is 15.0 Å². The van der Waals surface area contributed by atoms with Gasteiger partial charge >= 0.3 is 12.1 Å². The van der Waals surface area contributed by atoms with Crippen LogP contribution in [0.4, 0.5) is 13.2 Å². The van der Waals surface area contributed by atoms with Crippen molar-refractivity contribution in [3.05, 3.63) is 35.7 Å². The Morgan fingerprint density at radius 1 is 1.30 bits per heavy atom. The summed E-state index contributed by atoms with van der Waals surface area (Å²) in [6, 6.07) is 6.94. The van der Waals surface area contributed by atoms with Crippen LogP contribution in [-0.4, -0.2) is 27.0 Å². The second-order valence-corrected chi connectivity index (χ2v) is 7.37. The smallest absolute Gasteiger partial charge is 0.335 e. The summed E-state index contributed by atoms with van der Waals surface area (Å²) >= 11 is 0. The Labute approximate surface area is 155 Å². The largest absolute Gasteiger partial charge is 0.471 e. The van der Waals surface area contributed by atoms with E-state index in [9.17, 15) is 18.0 Å². The molecule has 0 radical (unpaired) electrons. The highest BCUT2D eigenvalue weighted by Gasteiger charge is 2.47. The van der Waals surface area contributed by atoms with Gasteiger partial charge in [0, 0.05) is 23.6 Å². The number of amides is 1. The standard InChI is InChI=1S/C19H22F3N3O2/c1-4-12(2)25(17(26)18(3)9-10-18)11-13-5-7-14(8-6-13)15-23-16(27-24-15)19(20,21)22/h5-8,12H,4,9-11H2,1-3H3. The van der Waals surface area contributed by atoms with Crippen molar-refractivity contribution in [3.63, 3.8) is 0 Å². The van der Waals surface area contributed by atoms with E-state index in [2.05, 4.69) is 14.7 Å². The average Bonchev–Trinajstić information content (AvgIpc) is 3.18. The first kappa shape index (κ1) is 19.4. The number of hydrogen-bond donors (Lipinski definition) is 0. The summed E-state index contributed by atoms with van der Waals surface area (Å²) in [5.74, 6) is -1.32. The summed E-state index contributed by atoms with van der Waals surface area (Å²) < 4.78 is 42.0. The first-order valence-electron chi connectivity index (χ1n) is 8.95. The number of carbonyl (C=O) groups is 1. The first-order valence-corrected chi connectivity index (χ1v) is 8.95. The zero-order valence-corrected chi connectivity index (χ0v) is 15.5. The number of rotatable bonds is 6. The maximum absolute atomic E-state index is 12.8. The molecule has 1 aromatic heterocycles. The number of halogens is 3. The molecule has 2 aromatic rings. The van der Waals surface area contributed by atoms with Gasteiger partial charge in [0.1, 0.15) is 0 Å². The normalized spacial score (nSPS) is 16.8. The van der Waals surface area contributed by atoms with Gasteiger partial charge in [-0.3, -0.25) is 4.79 Å². The monoisotopic (exact) mass is 381 g/mol. The minimum atomic E-state index is -4.67. The van der Waals surface area contributed by atoms with Gasteiger partial charge in [-0.15, -0.1) is 0 Å². The third kappa shape index (κ3) is 4.14. The Kier molecular flexibility index (Phi) is 5.01. The molecule has 1 atom stereocenters. The van der Waals surface area contributed by atoms with Crippen molar-refractivity contribution in [2.75, 3.05) is 0 Å². The van der Waals surface area contributed by atoms with Crippen molar-refractivity contribution < 1.29 is 22.5 Å². The zero-order chi connectivity index (χ0) is 19.8. The summed E-state index contributed by atoms with van der Waals surface area (Å²) in [6.07, 6.45) is -1.99. The van der Waals surface area contributed by atoms with Crippen LogP contribution in [0.1, 0.15) is 51.5 Å². The maximum Gasteiger partial charge on any atom is 0.471 e. The molecule has 0 aliphatic heterocycles. The first-order chi connectivity index (χ1) is 12.6. The maximum atomic E-state index is 12.8. The third-order valence-electron chi connectivity index (χ3n) is 5.13. The van der Waals surface area contributed by atoms with Crippen LogP contribution in [0.25, 0.3) is 11.4 Å². The van der Waals surface area contributed by atoms with Gasteiger partial charge in [-0.1, -0.05) is 43.3 Å². The van der Waals surface area contributed by atoms with E-state index >= 15 is 0 Å². The number of nitrogens with zero attached hydrogens (tertiary/aromatic N) is 3. The highest BCUT2D eigenvalue weighted by molar-refractivity contribution is 5.85. The molecule has 0 spiro atoms. The van der Waals surface area contributed by atoms with Crippen LogP contribution in [0.2, 0.25) is 0 Å². The van der Waals surface area contributed by atoms with Crippen LogP contribution in [0, 0.1) is 5.41 Å². The summed E-state index contributed by atoms with van der Waals surface area (Å²) in [5, 5.41) is 3.38. The van der Waals surface area contributed by atoms with E-state index in [1.165, 1.54) is 0 Å². The van der Waals surface area contributed by atoms with Crippen molar-refractivity contribution in [2.24, 2.45) is 5.41 Å². The van der Waals surface area contributed by atoms with Gasteiger partial charge in [-0.05, 0) is 31.7 Å². The summed E-state index contributed by atoms with van der Waals surface area (Å²) in [4.78, 5) is 18.1. The zero-order valence-electron chi connectivity index (χ0n) is 15.5. The molecule has 1 amide bonds. The predicted octanol–water partition coefficient (Wildman–Crippen LogP) is 4.68. The van der Waals surface area contributed by atoms with E-state index in [1.807, 2.05) is 25.7 Å². The molecule has 0 saturated heterocycles. The number of aromatic nitrogens is 2. The van der Waals surface area contributed by atoms with E-state index < -0.39 is 12.1 Å². The van der Waals surface area contributed by atoms with Crippen LogP contribution in [0.5, 0.6) is 0 Å². The lowest BCUT2D eigenvalue weighted by Gasteiger charge is -2.31. The van der Waals surface area contributed by atoms with E-state index in [0.29, 0.717) is 12.1 Å². The second-order valence-electron chi connectivity index (χ2n) is 7.37. The highest BCUT2D eigenvalue weighted by atomic mass is 19.4. The van der Waals surface area contributed by atoms with Crippen LogP contribution < -0.4 is 0 Å². The molecule has 1 unspecified atom stereocenters. The Hall–Kier alpha value is -2.38. The van der Waals surface area contributed by atoms with Crippen LogP contribution in [-0.2, 0) is 17.5 Å². The lowest BCUT2D eigenvalue weighted by atomic mass is 10.0. The lowest BCUT2D eigenvalue weighted by Crippen LogP contribution is -2.41. The van der Waals surface area contributed by atoms with Crippen molar-refractivity contribution in [2.45, 2.75) is 58.8 Å². The molecule has 1 heterocycles. The summed E-state index contributed by atoms with van der Waals surface area (Å²) in [6.45, 7) is 6.51. The molecule has 1 aliphatic rings. The quantitative estimate of drug-likeness (QED) is 0.729. The number of alkyl halides is 3. The van der Waals surface area contributed by atoms with Crippen molar-refractivity contribution in [1.29, 1.82) is 0 Å². The molecule has 1 aromatic carbocycles. The van der Waals surface area contributed by atoms with Gasteiger partial charge < -0.3 is 9.42 Å². The fourth-order valence-electron chi connectivity index (χ4n) is 2.81.